The van der Waals surface area contributed by atoms with Crippen molar-refractivity contribution in [3.05, 3.63) is 151 Å². The number of allylic oxidation sites excluding steroid dienone is 4. The van der Waals surface area contributed by atoms with Crippen molar-refractivity contribution in [3.8, 4) is 11.3 Å². The number of aromatic nitrogens is 3. The Labute approximate surface area is 357 Å². The number of pyridine rings is 1. The molecule has 10 nitrogen and oxygen atoms in total. The predicted molar refractivity (Wildman–Crippen MR) is 250 cm³/mol. The zero-order valence-electron chi connectivity index (χ0n) is 36.7. The molecule has 316 valence electrons. The standard InChI is InChI=1S/C49H63FN10/c1-11-15-23-60(48(14-4)51-10)39-18-16-37(17-19-39)22-24-58-25-27-59(28-26-58)40-20-21-46(53-33-40)57-47-31-45(54-34-55-47)41-29-35(5)38(30-42(41)50)32-52-43(12-2)44(13-3)56-36(6)49(7,8)9/h11-14,16-21,29-31,33-34,51-52H,1,3,6,15,22-28,32H2,2,4-5,7-10H3,(H,53,54,55,57)/b43-12+,48-14+,56-44?. The summed E-state index contributed by atoms with van der Waals surface area (Å²) in [5, 5.41) is 9.98. The van der Waals surface area contributed by atoms with Crippen LogP contribution in [0.5, 0.6) is 0 Å². The van der Waals surface area contributed by atoms with Crippen LogP contribution in [0.1, 0.15) is 57.7 Å². The maximum absolute atomic E-state index is 15.7. The molecule has 1 aliphatic heterocycles. The number of halogens is 1. The third kappa shape index (κ3) is 12.0. The van der Waals surface area contributed by atoms with Crippen LogP contribution in [0.25, 0.3) is 11.3 Å². The van der Waals surface area contributed by atoms with Gasteiger partial charge in [0.05, 0.1) is 29.0 Å². The molecule has 3 N–H and O–H groups in total. The van der Waals surface area contributed by atoms with E-state index in [9.17, 15) is 0 Å². The summed E-state index contributed by atoms with van der Waals surface area (Å²) >= 11 is 0. The van der Waals surface area contributed by atoms with Crippen LogP contribution in [-0.2, 0) is 13.0 Å². The third-order valence-corrected chi connectivity index (χ3v) is 10.8. The minimum absolute atomic E-state index is 0.174. The molecular weight excluding hydrogens is 748 g/mol. The molecular formula is C49H63FN10. The molecule has 0 unspecified atom stereocenters. The molecule has 0 radical (unpaired) electrons. The normalized spacial score (nSPS) is 14.1. The molecule has 11 heteroatoms. The summed E-state index contributed by atoms with van der Waals surface area (Å²) in [4.78, 5) is 25.4. The summed E-state index contributed by atoms with van der Waals surface area (Å²) in [6.45, 7) is 30.3. The first-order chi connectivity index (χ1) is 28.9. The average Bonchev–Trinajstić information content (AvgIpc) is 3.25. The van der Waals surface area contributed by atoms with E-state index in [1.54, 1.807) is 18.2 Å². The first-order valence-electron chi connectivity index (χ1n) is 20.8. The molecule has 0 spiro atoms. The van der Waals surface area contributed by atoms with E-state index in [0.717, 1.165) is 86.1 Å². The zero-order chi connectivity index (χ0) is 43.2. The Hall–Kier alpha value is -6.07. The van der Waals surface area contributed by atoms with Gasteiger partial charge in [-0.25, -0.2) is 19.3 Å². The molecule has 0 bridgehead atoms. The van der Waals surface area contributed by atoms with Gasteiger partial charge in [0, 0.05) is 81.3 Å². The van der Waals surface area contributed by atoms with Gasteiger partial charge in [-0.2, -0.15) is 0 Å². The Morgan fingerprint density at radius 2 is 1.70 bits per heavy atom. The number of hydrogen-bond acceptors (Lipinski definition) is 10. The van der Waals surface area contributed by atoms with Crippen LogP contribution in [0.15, 0.2) is 133 Å². The van der Waals surface area contributed by atoms with E-state index in [-0.39, 0.29) is 11.2 Å². The number of aliphatic imine (C=N–C) groups is 1. The van der Waals surface area contributed by atoms with Crippen molar-refractivity contribution in [2.24, 2.45) is 10.4 Å². The highest BCUT2D eigenvalue weighted by Crippen LogP contribution is 2.28. The lowest BCUT2D eigenvalue weighted by Crippen LogP contribution is -2.47. The second-order valence-corrected chi connectivity index (χ2v) is 15.9. The molecule has 0 atom stereocenters. The van der Waals surface area contributed by atoms with Gasteiger partial charge in [0.2, 0.25) is 0 Å². The van der Waals surface area contributed by atoms with E-state index in [2.05, 4.69) is 129 Å². The molecule has 2 aromatic carbocycles. The van der Waals surface area contributed by atoms with E-state index in [1.165, 1.54) is 17.6 Å². The minimum Gasteiger partial charge on any atom is -0.379 e. The Kier molecular flexibility index (Phi) is 16.0. The van der Waals surface area contributed by atoms with Crippen molar-refractivity contribution in [1.29, 1.82) is 0 Å². The second kappa shape index (κ2) is 21.3. The minimum atomic E-state index is -0.366. The maximum atomic E-state index is 15.7. The van der Waals surface area contributed by atoms with Gasteiger partial charge in [-0.15, -0.1) is 6.58 Å². The van der Waals surface area contributed by atoms with Gasteiger partial charge in [0.25, 0.3) is 0 Å². The SMILES string of the molecule is C=CCCN(/C(=C/C)NC)c1ccc(CCN2CCN(c3ccc(Nc4cc(-c5cc(C)c(CN/C(=C/C)C(C=C)=NC(=C)C(C)(C)C)cc5F)ncn4)nc3)CC2)cc1. The van der Waals surface area contributed by atoms with Crippen LogP contribution in [-0.4, -0.2) is 71.9 Å². The maximum Gasteiger partial charge on any atom is 0.135 e. The number of nitrogens with one attached hydrogen (secondary N) is 3. The van der Waals surface area contributed by atoms with Crippen LogP contribution in [0.3, 0.4) is 0 Å². The van der Waals surface area contributed by atoms with Crippen molar-refractivity contribution >= 4 is 28.7 Å². The number of anilines is 4. The second-order valence-electron chi connectivity index (χ2n) is 15.9. The molecule has 1 fully saturated rings. The molecule has 2 aromatic heterocycles. The van der Waals surface area contributed by atoms with Crippen molar-refractivity contribution < 1.29 is 4.39 Å². The third-order valence-electron chi connectivity index (χ3n) is 10.8. The van der Waals surface area contributed by atoms with Gasteiger partial charge in [-0.3, -0.25) is 9.89 Å². The summed E-state index contributed by atoms with van der Waals surface area (Å²) in [6, 6.07) is 18.1. The Balaban J connectivity index is 1.13. The molecule has 5 rings (SSSR count). The van der Waals surface area contributed by atoms with E-state index < -0.39 is 0 Å². The van der Waals surface area contributed by atoms with Crippen molar-refractivity contribution in [3.63, 3.8) is 0 Å². The lowest BCUT2D eigenvalue weighted by atomic mass is 9.93. The largest absolute Gasteiger partial charge is 0.379 e. The van der Waals surface area contributed by atoms with E-state index in [4.69, 9.17) is 4.99 Å². The van der Waals surface area contributed by atoms with Crippen molar-refractivity contribution in [2.45, 2.75) is 60.9 Å². The van der Waals surface area contributed by atoms with Crippen LogP contribution >= 0.6 is 0 Å². The smallest absolute Gasteiger partial charge is 0.135 e. The lowest BCUT2D eigenvalue weighted by molar-refractivity contribution is 0.261. The van der Waals surface area contributed by atoms with E-state index in [1.807, 2.05) is 51.4 Å². The van der Waals surface area contributed by atoms with Crippen LogP contribution in [0.2, 0.25) is 0 Å². The number of benzene rings is 2. The topological polar surface area (TPSA) is 96.8 Å². The van der Waals surface area contributed by atoms with Crippen LogP contribution in [0.4, 0.5) is 27.4 Å². The summed E-state index contributed by atoms with van der Waals surface area (Å²) in [6.07, 6.45) is 13.0. The van der Waals surface area contributed by atoms with Crippen molar-refractivity contribution in [1.82, 2.24) is 30.5 Å². The number of piperazine rings is 1. The highest BCUT2D eigenvalue weighted by molar-refractivity contribution is 6.08. The molecule has 4 aromatic rings. The predicted octanol–water partition coefficient (Wildman–Crippen LogP) is 9.74. The first-order valence-corrected chi connectivity index (χ1v) is 20.8. The van der Waals surface area contributed by atoms with Gasteiger partial charge in [-0.1, -0.05) is 58.2 Å². The lowest BCUT2D eigenvalue weighted by Gasteiger charge is -2.36. The van der Waals surface area contributed by atoms with Gasteiger partial charge >= 0.3 is 0 Å². The number of rotatable bonds is 19. The zero-order valence-corrected chi connectivity index (χ0v) is 36.7. The highest BCUT2D eigenvalue weighted by Gasteiger charge is 2.19. The molecule has 0 saturated carbocycles. The van der Waals surface area contributed by atoms with Crippen LogP contribution < -0.4 is 25.8 Å². The quantitative estimate of drug-likeness (QED) is 0.0632. The highest BCUT2D eigenvalue weighted by atomic mass is 19.1. The molecule has 1 aliphatic rings. The van der Waals surface area contributed by atoms with Crippen LogP contribution in [0, 0.1) is 18.2 Å². The number of aryl methyl sites for hydroxylation is 1. The molecule has 0 amide bonds. The van der Waals surface area contributed by atoms with Gasteiger partial charge in [0.15, 0.2) is 0 Å². The summed E-state index contributed by atoms with van der Waals surface area (Å²) in [7, 11) is 1.96. The fourth-order valence-corrected chi connectivity index (χ4v) is 6.92. The molecule has 1 saturated heterocycles. The Bertz CT molecular complexity index is 2170. The molecule has 3 heterocycles. The first kappa shape index (κ1) is 45.0. The number of hydrogen-bond donors (Lipinski definition) is 3. The number of nitrogens with zero attached hydrogens (tertiary/aromatic N) is 7. The summed E-state index contributed by atoms with van der Waals surface area (Å²) in [5.41, 5.74) is 8.31. The van der Waals surface area contributed by atoms with Gasteiger partial charge in [0.1, 0.15) is 29.6 Å². The van der Waals surface area contributed by atoms with E-state index >= 15 is 4.39 Å². The monoisotopic (exact) mass is 811 g/mol. The van der Waals surface area contributed by atoms with Crippen molar-refractivity contribution in [2.75, 3.05) is 61.4 Å². The summed E-state index contributed by atoms with van der Waals surface area (Å²) in [5.74, 6) is 1.90. The van der Waals surface area contributed by atoms with Gasteiger partial charge in [-0.05, 0) is 98.9 Å². The fraction of sp³-hybridized carbons (Fsp3) is 0.347. The average molecular weight is 811 g/mol. The molecule has 0 aliphatic carbocycles. The van der Waals surface area contributed by atoms with Gasteiger partial charge < -0.3 is 25.8 Å². The Morgan fingerprint density at radius 3 is 2.32 bits per heavy atom. The molecule has 60 heavy (non-hydrogen) atoms. The fourth-order valence-electron chi connectivity index (χ4n) is 6.92. The van der Waals surface area contributed by atoms with E-state index in [0.29, 0.717) is 35.1 Å². The Morgan fingerprint density at radius 1 is 0.950 bits per heavy atom. The summed E-state index contributed by atoms with van der Waals surface area (Å²) < 4.78 is 15.7.